The molecule has 0 radical (unpaired) electrons. The van der Waals surface area contributed by atoms with Crippen LogP contribution in [0.15, 0.2) is 48.9 Å². The number of rotatable bonds is 4. The first-order chi connectivity index (χ1) is 19.1. The van der Waals surface area contributed by atoms with Crippen molar-refractivity contribution >= 4 is 23.5 Å². The number of halogens is 7. The molecular weight excluding hydrogens is 563 g/mol. The number of urea groups is 1. The summed E-state index contributed by atoms with van der Waals surface area (Å²) in [6.07, 6.45) is -8.95. The van der Waals surface area contributed by atoms with Crippen LogP contribution in [0.4, 0.5) is 51.7 Å². The third-order valence-electron chi connectivity index (χ3n) is 5.96. The minimum Gasteiger partial charge on any atom is -0.407 e. The third kappa shape index (κ3) is 6.53. The number of aromatic nitrogens is 2. The Morgan fingerprint density at radius 3 is 2.34 bits per heavy atom. The Morgan fingerprint density at radius 1 is 1.07 bits per heavy atom. The fraction of sp³-hybridized carbons (Fsp3) is 0.269. The van der Waals surface area contributed by atoms with Crippen molar-refractivity contribution in [3.05, 3.63) is 71.6 Å². The van der Waals surface area contributed by atoms with Crippen LogP contribution < -0.4 is 14.5 Å². The van der Waals surface area contributed by atoms with Crippen LogP contribution in [0.5, 0.6) is 5.75 Å². The predicted molar refractivity (Wildman–Crippen MR) is 132 cm³/mol. The number of benzene rings is 2. The van der Waals surface area contributed by atoms with E-state index >= 15 is 0 Å². The van der Waals surface area contributed by atoms with Gasteiger partial charge >= 0.3 is 24.5 Å². The van der Waals surface area contributed by atoms with Gasteiger partial charge in [-0.1, -0.05) is 5.92 Å². The monoisotopic (exact) mass is 583 g/mol. The molecular formula is C26H20F7N5O3. The summed E-state index contributed by atoms with van der Waals surface area (Å²) in [5, 5.41) is 0. The molecule has 0 unspecified atom stereocenters. The van der Waals surface area contributed by atoms with Gasteiger partial charge in [0.2, 0.25) is 0 Å². The van der Waals surface area contributed by atoms with Crippen molar-refractivity contribution < 1.29 is 45.1 Å². The Morgan fingerprint density at radius 2 is 1.76 bits per heavy atom. The summed E-state index contributed by atoms with van der Waals surface area (Å²) in [6.45, 7) is -0.601. The number of nitrogens with zero attached hydrogens (tertiary/aromatic N) is 5. The van der Waals surface area contributed by atoms with Crippen molar-refractivity contribution in [3.8, 4) is 17.6 Å². The van der Waals surface area contributed by atoms with Gasteiger partial charge in [-0.2, -0.15) is 26.3 Å². The van der Waals surface area contributed by atoms with E-state index in [1.54, 1.807) is 17.8 Å². The molecule has 1 saturated heterocycles. The van der Waals surface area contributed by atoms with Crippen molar-refractivity contribution in [1.82, 2.24) is 14.5 Å². The number of hydrogen-bond donors (Lipinski definition) is 0. The largest absolute Gasteiger partial charge is 0.420 e. The van der Waals surface area contributed by atoms with Crippen LogP contribution in [0, 0.1) is 17.7 Å². The number of hydrogen-bond acceptors (Lipinski definition) is 4. The molecule has 3 amide bonds. The lowest BCUT2D eigenvalue weighted by Gasteiger charge is -2.25. The Kier molecular flexibility index (Phi) is 7.87. The third-order valence-corrected chi connectivity index (χ3v) is 5.96. The lowest BCUT2D eigenvalue weighted by molar-refractivity contribution is -0.143. The SMILES string of the molecule is CN(C(=O)Oc1c(N2CCN(CC#Cc3cn(C)cn3)C2=O)cc(C(F)(F)F)cc1C(F)(F)F)c1ccc(F)cc1. The fourth-order valence-electron chi connectivity index (χ4n) is 3.88. The maximum absolute atomic E-state index is 14.1. The Bertz CT molecular complexity index is 1520. The van der Waals surface area contributed by atoms with E-state index in [1.807, 2.05) is 0 Å². The Labute approximate surface area is 228 Å². The van der Waals surface area contributed by atoms with Gasteiger partial charge in [0.05, 0.1) is 24.1 Å². The molecule has 2 aromatic carbocycles. The highest BCUT2D eigenvalue weighted by Crippen LogP contribution is 2.47. The average molecular weight is 583 g/mol. The molecule has 1 aliphatic rings. The van der Waals surface area contributed by atoms with Gasteiger partial charge in [0.1, 0.15) is 17.1 Å². The number of imidazole rings is 1. The Hall–Kier alpha value is -4.74. The fourth-order valence-corrected chi connectivity index (χ4v) is 3.88. The van der Waals surface area contributed by atoms with Gasteiger partial charge in [0.25, 0.3) is 0 Å². The highest BCUT2D eigenvalue weighted by Gasteiger charge is 2.44. The van der Waals surface area contributed by atoms with Gasteiger partial charge in [-0.05, 0) is 42.3 Å². The molecule has 0 spiro atoms. The second-order valence-electron chi connectivity index (χ2n) is 8.85. The number of anilines is 2. The van der Waals surface area contributed by atoms with E-state index in [0.29, 0.717) is 16.7 Å². The van der Waals surface area contributed by atoms with E-state index < -0.39 is 52.9 Å². The summed E-state index contributed by atoms with van der Waals surface area (Å²) in [7, 11) is 2.82. The number of carbonyl (C=O) groups excluding carboxylic acids is 2. The highest BCUT2D eigenvalue weighted by molar-refractivity contribution is 5.97. The standard InChI is InChI=1S/C26H20F7N5O3/c1-35-14-18(34-15-35)4-3-9-37-10-11-38(23(37)39)21-13-16(25(28,29)30)12-20(26(31,32)33)22(21)41-24(40)36(2)19-7-5-17(27)6-8-19/h5-8,12-15H,9-11H2,1-2H3. The van der Waals surface area contributed by atoms with E-state index in [2.05, 4.69) is 16.8 Å². The molecule has 1 fully saturated rings. The van der Waals surface area contributed by atoms with Crippen LogP contribution in [-0.4, -0.2) is 53.3 Å². The molecule has 1 aromatic heterocycles. The van der Waals surface area contributed by atoms with Gasteiger partial charge in [0.15, 0.2) is 5.75 Å². The maximum atomic E-state index is 14.1. The van der Waals surface area contributed by atoms with Gasteiger partial charge in [-0.15, -0.1) is 0 Å². The van der Waals surface area contributed by atoms with Gasteiger partial charge < -0.3 is 14.2 Å². The van der Waals surface area contributed by atoms with Gasteiger partial charge in [-0.25, -0.2) is 19.0 Å². The van der Waals surface area contributed by atoms with E-state index in [4.69, 9.17) is 4.74 Å². The van der Waals surface area contributed by atoms with Crippen molar-refractivity contribution in [2.24, 2.45) is 7.05 Å². The number of aryl methyl sites for hydroxylation is 1. The molecule has 0 N–H and O–H groups in total. The molecule has 41 heavy (non-hydrogen) atoms. The van der Waals surface area contributed by atoms with E-state index in [-0.39, 0.29) is 31.4 Å². The number of carbonyl (C=O) groups is 2. The number of ether oxygens (including phenoxy) is 1. The molecule has 4 rings (SSSR count). The van der Waals surface area contributed by atoms with Crippen molar-refractivity contribution in [2.75, 3.05) is 36.5 Å². The normalized spacial score (nSPS) is 13.7. The number of alkyl halides is 6. The molecule has 8 nitrogen and oxygen atoms in total. The molecule has 0 saturated carbocycles. The minimum absolute atomic E-state index is 0.0216. The Balaban J connectivity index is 1.72. The van der Waals surface area contributed by atoms with Crippen LogP contribution >= 0.6 is 0 Å². The molecule has 3 aromatic rings. The van der Waals surface area contributed by atoms with Crippen LogP contribution in [0.1, 0.15) is 16.8 Å². The molecule has 15 heteroatoms. The van der Waals surface area contributed by atoms with Crippen molar-refractivity contribution in [2.45, 2.75) is 12.4 Å². The first kappa shape index (κ1) is 29.2. The van der Waals surface area contributed by atoms with Gasteiger partial charge in [-0.3, -0.25) is 9.80 Å². The predicted octanol–water partition coefficient (Wildman–Crippen LogP) is 5.53. The van der Waals surface area contributed by atoms with E-state index in [9.17, 15) is 40.3 Å². The molecule has 216 valence electrons. The average Bonchev–Trinajstić information content (AvgIpc) is 3.47. The topological polar surface area (TPSA) is 70.9 Å². The zero-order chi connectivity index (χ0) is 30.1. The summed E-state index contributed by atoms with van der Waals surface area (Å²) in [5.74, 6) is 3.45. The first-order valence-corrected chi connectivity index (χ1v) is 11.7. The summed E-state index contributed by atoms with van der Waals surface area (Å²) in [6, 6.07) is 3.43. The summed E-state index contributed by atoms with van der Waals surface area (Å²) in [5.41, 5.74) is -4.10. The molecule has 0 aliphatic carbocycles. The first-order valence-electron chi connectivity index (χ1n) is 11.7. The molecule has 0 bridgehead atoms. The summed E-state index contributed by atoms with van der Waals surface area (Å²) >= 11 is 0. The van der Waals surface area contributed by atoms with Crippen LogP contribution in [0.2, 0.25) is 0 Å². The summed E-state index contributed by atoms with van der Waals surface area (Å²) < 4.78 is 103. The van der Waals surface area contributed by atoms with E-state index in [1.165, 1.54) is 6.33 Å². The van der Waals surface area contributed by atoms with Crippen LogP contribution in [0.3, 0.4) is 0 Å². The smallest absolute Gasteiger partial charge is 0.407 e. The minimum atomic E-state index is -5.41. The molecule has 0 atom stereocenters. The van der Waals surface area contributed by atoms with Gasteiger partial charge in [0, 0.05) is 39.1 Å². The lowest BCUT2D eigenvalue weighted by atomic mass is 10.1. The zero-order valence-electron chi connectivity index (χ0n) is 21.3. The second kappa shape index (κ2) is 11.0. The zero-order valence-corrected chi connectivity index (χ0v) is 21.3. The van der Waals surface area contributed by atoms with Crippen LogP contribution in [-0.2, 0) is 19.4 Å². The van der Waals surface area contributed by atoms with E-state index in [0.717, 1.165) is 41.1 Å². The quantitative estimate of drug-likeness (QED) is 0.300. The lowest BCUT2D eigenvalue weighted by Crippen LogP contribution is -2.34. The highest BCUT2D eigenvalue weighted by atomic mass is 19.4. The van der Waals surface area contributed by atoms with Crippen molar-refractivity contribution in [1.29, 1.82) is 0 Å². The summed E-state index contributed by atoms with van der Waals surface area (Å²) in [4.78, 5) is 32.4. The van der Waals surface area contributed by atoms with Crippen LogP contribution in [0.25, 0.3) is 0 Å². The van der Waals surface area contributed by atoms with Crippen molar-refractivity contribution in [3.63, 3.8) is 0 Å². The number of amides is 3. The second-order valence-corrected chi connectivity index (χ2v) is 8.85. The maximum Gasteiger partial charge on any atom is 0.420 e. The molecule has 2 heterocycles. The molecule has 1 aliphatic heterocycles.